The van der Waals surface area contributed by atoms with Gasteiger partial charge in [-0.05, 0) is 12.3 Å². The fraction of sp³-hybridized carbons (Fsp3) is 0.643. The predicted molar refractivity (Wildman–Crippen MR) is 78.6 cm³/mol. The van der Waals surface area contributed by atoms with E-state index in [4.69, 9.17) is 5.11 Å². The zero-order valence-corrected chi connectivity index (χ0v) is 12.6. The van der Waals surface area contributed by atoms with Crippen molar-refractivity contribution in [3.05, 3.63) is 18.0 Å². The highest BCUT2D eigenvalue weighted by atomic mass is 16.4. The maximum Gasteiger partial charge on any atom is 0.307 e. The van der Waals surface area contributed by atoms with Gasteiger partial charge in [0.1, 0.15) is 0 Å². The summed E-state index contributed by atoms with van der Waals surface area (Å²) in [6, 6.07) is 0. The molecule has 2 N–H and O–H groups in total. The normalized spacial score (nSPS) is 12.4. The zero-order chi connectivity index (χ0) is 15.1. The van der Waals surface area contributed by atoms with E-state index in [2.05, 4.69) is 15.3 Å². The molecule has 1 unspecified atom stereocenters. The van der Waals surface area contributed by atoms with Gasteiger partial charge in [0.15, 0.2) is 0 Å². The first-order valence-corrected chi connectivity index (χ1v) is 6.82. The molecule has 0 spiro atoms. The van der Waals surface area contributed by atoms with Gasteiger partial charge in [0.2, 0.25) is 5.95 Å². The fourth-order valence-corrected chi connectivity index (χ4v) is 1.90. The highest BCUT2D eigenvalue weighted by Gasteiger charge is 2.18. The Bertz CT molecular complexity index is 418. The molecule has 1 rings (SSSR count). The van der Waals surface area contributed by atoms with E-state index in [0.717, 1.165) is 5.56 Å². The molecule has 20 heavy (non-hydrogen) atoms. The number of rotatable bonds is 8. The van der Waals surface area contributed by atoms with Gasteiger partial charge >= 0.3 is 5.97 Å². The van der Waals surface area contributed by atoms with E-state index in [1.807, 2.05) is 32.8 Å². The summed E-state index contributed by atoms with van der Waals surface area (Å²) in [5.41, 5.74) is 0.948. The van der Waals surface area contributed by atoms with E-state index in [0.29, 0.717) is 31.4 Å². The van der Waals surface area contributed by atoms with E-state index >= 15 is 0 Å². The highest BCUT2D eigenvalue weighted by molar-refractivity contribution is 5.70. The van der Waals surface area contributed by atoms with Crippen LogP contribution >= 0.6 is 0 Å². The lowest BCUT2D eigenvalue weighted by Gasteiger charge is -2.15. The summed E-state index contributed by atoms with van der Waals surface area (Å²) in [7, 11) is 3.77. The molecule has 0 aliphatic rings. The Morgan fingerprint density at radius 1 is 1.35 bits per heavy atom. The minimum Gasteiger partial charge on any atom is -0.481 e. The monoisotopic (exact) mass is 280 g/mol. The molecule has 6 nitrogen and oxygen atoms in total. The van der Waals surface area contributed by atoms with Gasteiger partial charge in [-0.1, -0.05) is 13.8 Å². The van der Waals surface area contributed by atoms with Crippen LogP contribution in [0.1, 0.15) is 25.8 Å². The lowest BCUT2D eigenvalue weighted by atomic mass is 9.97. The summed E-state index contributed by atoms with van der Waals surface area (Å²) < 4.78 is 0. The van der Waals surface area contributed by atoms with Crippen LogP contribution in [0.5, 0.6) is 0 Å². The molecule has 112 valence electrons. The van der Waals surface area contributed by atoms with Gasteiger partial charge < -0.3 is 15.3 Å². The Morgan fingerprint density at radius 2 is 1.95 bits per heavy atom. The van der Waals surface area contributed by atoms with Crippen molar-refractivity contribution in [3.8, 4) is 0 Å². The van der Waals surface area contributed by atoms with Gasteiger partial charge in [0, 0.05) is 45.1 Å². The third-order valence-corrected chi connectivity index (χ3v) is 2.92. The predicted octanol–water partition coefficient (Wildman–Crippen LogP) is 1.38. The number of anilines is 1. The summed E-state index contributed by atoms with van der Waals surface area (Å²) in [6.07, 6.45) is 4.19. The number of carbonyl (C=O) groups is 1. The zero-order valence-electron chi connectivity index (χ0n) is 12.6. The molecular formula is C14H24N4O2. The van der Waals surface area contributed by atoms with Crippen LogP contribution in [0.15, 0.2) is 12.4 Å². The fourth-order valence-electron chi connectivity index (χ4n) is 1.90. The molecule has 6 heteroatoms. The number of aromatic nitrogens is 2. The Balaban J connectivity index is 2.44. The number of nitrogens with zero attached hydrogens (tertiary/aromatic N) is 3. The van der Waals surface area contributed by atoms with Gasteiger partial charge in [0.05, 0.1) is 5.92 Å². The van der Waals surface area contributed by atoms with E-state index in [9.17, 15) is 4.79 Å². The third kappa shape index (κ3) is 5.52. The Labute approximate surface area is 120 Å². The summed E-state index contributed by atoms with van der Waals surface area (Å²) in [6.45, 7) is 5.10. The van der Waals surface area contributed by atoms with Crippen LogP contribution in [0.4, 0.5) is 5.95 Å². The summed E-state index contributed by atoms with van der Waals surface area (Å²) >= 11 is 0. The van der Waals surface area contributed by atoms with Gasteiger partial charge in [-0.25, -0.2) is 9.97 Å². The first-order valence-electron chi connectivity index (χ1n) is 6.82. The second-order valence-corrected chi connectivity index (χ2v) is 5.58. The summed E-state index contributed by atoms with van der Waals surface area (Å²) in [5.74, 6) is -0.0556. The quantitative estimate of drug-likeness (QED) is 0.749. The molecule has 1 aromatic rings. The van der Waals surface area contributed by atoms with Crippen molar-refractivity contribution in [2.45, 2.75) is 26.8 Å². The van der Waals surface area contributed by atoms with Crippen LogP contribution < -0.4 is 10.2 Å². The lowest BCUT2D eigenvalue weighted by molar-refractivity contribution is -0.142. The van der Waals surface area contributed by atoms with Crippen LogP contribution in [-0.2, 0) is 11.3 Å². The number of hydrogen-bond donors (Lipinski definition) is 2. The Kier molecular flexibility index (Phi) is 6.38. The topological polar surface area (TPSA) is 78.4 Å². The first-order chi connectivity index (χ1) is 9.40. The van der Waals surface area contributed by atoms with Crippen molar-refractivity contribution in [2.75, 3.05) is 25.5 Å². The number of nitrogens with one attached hydrogen (secondary N) is 1. The van der Waals surface area contributed by atoms with Crippen LogP contribution in [0.2, 0.25) is 0 Å². The minimum atomic E-state index is -0.745. The van der Waals surface area contributed by atoms with Crippen molar-refractivity contribution >= 4 is 11.9 Å². The van der Waals surface area contributed by atoms with Crippen molar-refractivity contribution in [2.24, 2.45) is 11.8 Å². The molecule has 1 aromatic heterocycles. The molecule has 0 aliphatic heterocycles. The van der Waals surface area contributed by atoms with Gasteiger partial charge in [-0.2, -0.15) is 0 Å². The molecule has 0 radical (unpaired) electrons. The molecule has 0 saturated heterocycles. The van der Waals surface area contributed by atoms with Crippen molar-refractivity contribution in [1.82, 2.24) is 15.3 Å². The number of aliphatic carboxylic acids is 1. The van der Waals surface area contributed by atoms with Gasteiger partial charge in [0.25, 0.3) is 0 Å². The van der Waals surface area contributed by atoms with Crippen molar-refractivity contribution < 1.29 is 9.90 Å². The summed E-state index contributed by atoms with van der Waals surface area (Å²) in [5, 5.41) is 12.3. The largest absolute Gasteiger partial charge is 0.481 e. The molecule has 1 heterocycles. The first kappa shape index (κ1) is 16.4. The second kappa shape index (κ2) is 7.79. The van der Waals surface area contributed by atoms with Crippen molar-refractivity contribution in [1.29, 1.82) is 0 Å². The lowest BCUT2D eigenvalue weighted by Crippen LogP contribution is -2.29. The molecule has 0 aromatic carbocycles. The number of carboxylic acid groups (broad SMARTS) is 1. The van der Waals surface area contributed by atoms with Crippen LogP contribution in [0.3, 0.4) is 0 Å². The minimum absolute atomic E-state index is 0.350. The Hall–Kier alpha value is -1.69. The highest BCUT2D eigenvalue weighted by Crippen LogP contribution is 2.11. The maximum atomic E-state index is 11.1. The van der Waals surface area contributed by atoms with E-state index in [1.165, 1.54) is 0 Å². The van der Waals surface area contributed by atoms with E-state index in [1.54, 1.807) is 12.4 Å². The molecule has 0 fully saturated rings. The smallest absolute Gasteiger partial charge is 0.307 e. The average molecular weight is 280 g/mol. The third-order valence-electron chi connectivity index (χ3n) is 2.92. The molecule has 0 saturated carbocycles. The van der Waals surface area contributed by atoms with Crippen LogP contribution in [-0.4, -0.2) is 41.7 Å². The second-order valence-electron chi connectivity index (χ2n) is 5.58. The molecular weight excluding hydrogens is 256 g/mol. The molecule has 0 bridgehead atoms. The standard InChI is InChI=1S/C14H24N4O2/c1-10(2)5-12(13(19)20)9-15-6-11-7-16-14(17-8-11)18(3)4/h7-8,10,12,15H,5-6,9H2,1-4H3,(H,19,20). The van der Waals surface area contributed by atoms with Gasteiger partial charge in [-0.15, -0.1) is 0 Å². The molecule has 0 amide bonds. The van der Waals surface area contributed by atoms with Crippen molar-refractivity contribution in [3.63, 3.8) is 0 Å². The van der Waals surface area contributed by atoms with Crippen LogP contribution in [0.25, 0.3) is 0 Å². The van der Waals surface area contributed by atoms with Gasteiger partial charge in [-0.3, -0.25) is 4.79 Å². The van der Waals surface area contributed by atoms with E-state index in [-0.39, 0.29) is 5.92 Å². The number of carboxylic acids is 1. The molecule has 0 aliphatic carbocycles. The molecule has 1 atom stereocenters. The van der Waals surface area contributed by atoms with E-state index < -0.39 is 5.97 Å². The Morgan fingerprint density at radius 3 is 2.40 bits per heavy atom. The number of hydrogen-bond acceptors (Lipinski definition) is 5. The maximum absolute atomic E-state index is 11.1. The van der Waals surface area contributed by atoms with Crippen LogP contribution in [0, 0.1) is 11.8 Å². The summed E-state index contributed by atoms with van der Waals surface area (Å²) in [4.78, 5) is 21.4. The average Bonchev–Trinajstić information content (AvgIpc) is 2.37. The SMILES string of the molecule is CC(C)CC(CNCc1cnc(N(C)C)nc1)C(=O)O.